The second-order valence-electron chi connectivity index (χ2n) is 6.61. The normalized spacial score (nSPS) is 10.9. The van der Waals surface area contributed by atoms with Gasteiger partial charge in [0.15, 0.2) is 6.61 Å². The zero-order valence-electron chi connectivity index (χ0n) is 16.4. The Morgan fingerprint density at radius 3 is 2.10 bits per heavy atom. The number of carbonyl (C=O) groups excluding carboxylic acids is 2. The van der Waals surface area contributed by atoms with Crippen LogP contribution in [0.2, 0.25) is 0 Å². The van der Waals surface area contributed by atoms with Gasteiger partial charge in [0.05, 0.1) is 11.3 Å². The van der Waals surface area contributed by atoms with E-state index in [2.05, 4.69) is 10.9 Å². The van der Waals surface area contributed by atoms with Crippen LogP contribution in [0.25, 0.3) is 11.1 Å². The van der Waals surface area contributed by atoms with Crippen molar-refractivity contribution in [3.05, 3.63) is 84.4 Å². The minimum absolute atomic E-state index is 0.0436. The van der Waals surface area contributed by atoms with E-state index in [1.807, 2.05) is 48.5 Å². The van der Waals surface area contributed by atoms with Gasteiger partial charge in [-0.3, -0.25) is 20.4 Å². The molecule has 2 amide bonds. The zero-order chi connectivity index (χ0) is 22.3. The first-order chi connectivity index (χ1) is 14.8. The fraction of sp³-hybridized carbons (Fsp3) is 0.0909. The Bertz CT molecular complexity index is 1160. The first kappa shape index (κ1) is 22.0. The van der Waals surface area contributed by atoms with Gasteiger partial charge >= 0.3 is 0 Å². The smallest absolute Gasteiger partial charge is 0.276 e. The number of amides is 2. The van der Waals surface area contributed by atoms with Crippen molar-refractivity contribution in [2.24, 2.45) is 5.14 Å². The molecule has 0 aliphatic heterocycles. The van der Waals surface area contributed by atoms with E-state index in [1.165, 1.54) is 24.3 Å². The number of sulfonamides is 1. The summed E-state index contributed by atoms with van der Waals surface area (Å²) in [6, 6.07) is 22.6. The van der Waals surface area contributed by atoms with Crippen molar-refractivity contribution in [2.45, 2.75) is 11.3 Å². The van der Waals surface area contributed by atoms with Gasteiger partial charge in [0.25, 0.3) is 5.91 Å². The summed E-state index contributed by atoms with van der Waals surface area (Å²) >= 11 is 0. The van der Waals surface area contributed by atoms with E-state index in [9.17, 15) is 18.0 Å². The summed E-state index contributed by atoms with van der Waals surface area (Å²) in [5.41, 5.74) is 6.96. The Kier molecular flexibility index (Phi) is 7.01. The second-order valence-corrected chi connectivity index (χ2v) is 8.17. The third-order valence-corrected chi connectivity index (χ3v) is 5.22. The molecule has 0 unspecified atom stereocenters. The van der Waals surface area contributed by atoms with Crippen LogP contribution in [0.1, 0.15) is 5.56 Å². The van der Waals surface area contributed by atoms with Crippen LogP contribution in [0, 0.1) is 0 Å². The molecule has 0 spiro atoms. The van der Waals surface area contributed by atoms with Gasteiger partial charge in [-0.15, -0.1) is 0 Å². The Hall–Kier alpha value is -3.69. The standard InChI is InChI=1S/C22H21N3O5S/c23-31(28,29)18-12-10-16(11-13-18)14-21(26)24-25-22(27)15-30-20-9-5-4-8-19(20)17-6-2-1-3-7-17/h1-13H,14-15H2,(H,24,26)(H,25,27)(H2,23,28,29). The van der Waals surface area contributed by atoms with E-state index < -0.39 is 21.8 Å². The summed E-state index contributed by atoms with van der Waals surface area (Å²) in [6.45, 7) is -0.285. The average Bonchev–Trinajstić information content (AvgIpc) is 2.77. The Balaban J connectivity index is 1.49. The first-order valence-electron chi connectivity index (χ1n) is 9.29. The Labute approximate surface area is 180 Å². The molecule has 0 saturated heterocycles. The lowest BCUT2D eigenvalue weighted by Crippen LogP contribution is -2.44. The topological polar surface area (TPSA) is 128 Å². The molecule has 3 aromatic carbocycles. The molecule has 31 heavy (non-hydrogen) atoms. The molecule has 4 N–H and O–H groups in total. The lowest BCUT2D eigenvalue weighted by Gasteiger charge is -2.12. The van der Waals surface area contributed by atoms with Crippen LogP contribution in [0.4, 0.5) is 0 Å². The summed E-state index contributed by atoms with van der Waals surface area (Å²) in [6.07, 6.45) is -0.0527. The van der Waals surface area contributed by atoms with E-state index in [0.717, 1.165) is 11.1 Å². The Morgan fingerprint density at radius 1 is 0.806 bits per heavy atom. The number of hydrazine groups is 1. The fourth-order valence-electron chi connectivity index (χ4n) is 2.79. The minimum Gasteiger partial charge on any atom is -0.483 e. The number of nitrogens with one attached hydrogen (secondary N) is 2. The molecule has 0 aliphatic carbocycles. The van der Waals surface area contributed by atoms with Crippen molar-refractivity contribution in [3.63, 3.8) is 0 Å². The van der Waals surface area contributed by atoms with Crippen LogP contribution in [-0.2, 0) is 26.0 Å². The number of hydrogen-bond donors (Lipinski definition) is 3. The predicted molar refractivity (Wildman–Crippen MR) is 115 cm³/mol. The molecule has 0 bridgehead atoms. The van der Waals surface area contributed by atoms with Crippen molar-refractivity contribution in [2.75, 3.05) is 6.61 Å². The molecular weight excluding hydrogens is 418 g/mol. The van der Waals surface area contributed by atoms with Crippen LogP contribution < -0.4 is 20.7 Å². The highest BCUT2D eigenvalue weighted by Crippen LogP contribution is 2.29. The molecule has 8 nitrogen and oxygen atoms in total. The molecule has 3 aromatic rings. The molecule has 0 saturated carbocycles. The monoisotopic (exact) mass is 439 g/mol. The van der Waals surface area contributed by atoms with Gasteiger partial charge in [0.1, 0.15) is 5.75 Å². The van der Waals surface area contributed by atoms with Crippen molar-refractivity contribution in [3.8, 4) is 16.9 Å². The highest BCUT2D eigenvalue weighted by Gasteiger charge is 2.11. The number of hydrogen-bond acceptors (Lipinski definition) is 5. The maximum absolute atomic E-state index is 12.0. The lowest BCUT2D eigenvalue weighted by atomic mass is 10.1. The van der Waals surface area contributed by atoms with Crippen molar-refractivity contribution in [1.29, 1.82) is 0 Å². The molecule has 160 valence electrons. The molecule has 3 rings (SSSR count). The van der Waals surface area contributed by atoms with Gasteiger partial charge in [0.2, 0.25) is 15.9 Å². The van der Waals surface area contributed by atoms with Gasteiger partial charge in [-0.05, 0) is 29.3 Å². The molecule has 9 heteroatoms. The number of para-hydroxylation sites is 1. The summed E-state index contributed by atoms with van der Waals surface area (Å²) in [7, 11) is -3.79. The molecule has 0 aromatic heterocycles. The third kappa shape index (κ3) is 6.39. The molecule has 0 aliphatic rings. The summed E-state index contributed by atoms with van der Waals surface area (Å²) in [4.78, 5) is 24.0. The predicted octanol–water partition coefficient (Wildman–Crippen LogP) is 1.77. The molecule has 0 heterocycles. The van der Waals surface area contributed by atoms with Gasteiger partial charge in [-0.2, -0.15) is 0 Å². The van der Waals surface area contributed by atoms with Crippen LogP contribution >= 0.6 is 0 Å². The van der Waals surface area contributed by atoms with Crippen molar-refractivity contribution >= 4 is 21.8 Å². The van der Waals surface area contributed by atoms with E-state index in [0.29, 0.717) is 11.3 Å². The van der Waals surface area contributed by atoms with Gasteiger partial charge in [-0.25, -0.2) is 13.6 Å². The van der Waals surface area contributed by atoms with Crippen LogP contribution in [0.15, 0.2) is 83.8 Å². The number of benzene rings is 3. The number of nitrogens with two attached hydrogens (primary N) is 1. The van der Waals surface area contributed by atoms with Crippen LogP contribution in [0.5, 0.6) is 5.75 Å². The highest BCUT2D eigenvalue weighted by molar-refractivity contribution is 7.89. The maximum atomic E-state index is 12.0. The molecular formula is C22H21N3O5S. The van der Waals surface area contributed by atoms with Crippen molar-refractivity contribution < 1.29 is 22.7 Å². The van der Waals surface area contributed by atoms with Gasteiger partial charge in [-0.1, -0.05) is 60.7 Å². The average molecular weight is 439 g/mol. The molecule has 0 radical (unpaired) electrons. The first-order valence-corrected chi connectivity index (χ1v) is 10.8. The number of rotatable bonds is 7. The quantitative estimate of drug-likeness (QED) is 0.484. The molecule has 0 atom stereocenters. The minimum atomic E-state index is -3.79. The maximum Gasteiger partial charge on any atom is 0.276 e. The largest absolute Gasteiger partial charge is 0.483 e. The lowest BCUT2D eigenvalue weighted by molar-refractivity contribution is -0.129. The Morgan fingerprint density at radius 2 is 1.42 bits per heavy atom. The molecule has 0 fully saturated rings. The van der Waals surface area contributed by atoms with E-state index in [-0.39, 0.29) is 17.9 Å². The summed E-state index contributed by atoms with van der Waals surface area (Å²) in [5.74, 6) is -0.452. The van der Waals surface area contributed by atoms with Gasteiger partial charge in [0, 0.05) is 5.56 Å². The second kappa shape index (κ2) is 9.88. The number of ether oxygens (including phenoxy) is 1. The summed E-state index contributed by atoms with van der Waals surface area (Å²) < 4.78 is 28.1. The van der Waals surface area contributed by atoms with E-state index in [1.54, 1.807) is 6.07 Å². The van der Waals surface area contributed by atoms with Crippen LogP contribution in [0.3, 0.4) is 0 Å². The van der Waals surface area contributed by atoms with Gasteiger partial charge < -0.3 is 4.74 Å². The SMILES string of the molecule is NS(=O)(=O)c1ccc(CC(=O)NNC(=O)COc2ccccc2-c2ccccc2)cc1. The fourth-order valence-corrected chi connectivity index (χ4v) is 3.31. The third-order valence-electron chi connectivity index (χ3n) is 4.29. The number of primary sulfonamides is 1. The summed E-state index contributed by atoms with van der Waals surface area (Å²) in [5, 5.41) is 5.04. The highest BCUT2D eigenvalue weighted by atomic mass is 32.2. The van der Waals surface area contributed by atoms with E-state index >= 15 is 0 Å². The van der Waals surface area contributed by atoms with Crippen LogP contribution in [-0.4, -0.2) is 26.8 Å². The van der Waals surface area contributed by atoms with E-state index in [4.69, 9.17) is 9.88 Å². The zero-order valence-corrected chi connectivity index (χ0v) is 17.3. The van der Waals surface area contributed by atoms with Crippen molar-refractivity contribution in [1.82, 2.24) is 10.9 Å². The number of carbonyl (C=O) groups is 2.